The number of rotatable bonds is 14. The average Bonchev–Trinajstić information content (AvgIpc) is 3.32. The normalized spacial score (nSPS) is 12.0. The van der Waals surface area contributed by atoms with Gasteiger partial charge in [-0.1, -0.05) is 187 Å². The molecule has 1 unspecified atom stereocenters. The quantitative estimate of drug-likeness (QED) is 0.0505. The van der Waals surface area contributed by atoms with Crippen molar-refractivity contribution in [2.45, 2.75) is 66.4 Å². The van der Waals surface area contributed by atoms with E-state index in [4.69, 9.17) is 15.3 Å². The molecule has 0 spiro atoms. The Morgan fingerprint density at radius 3 is 1.31 bits per heavy atom. The van der Waals surface area contributed by atoms with Crippen LogP contribution in [-0.2, 0) is 22.7 Å². The van der Waals surface area contributed by atoms with Crippen molar-refractivity contribution in [3.63, 3.8) is 0 Å². The second-order valence-corrected chi connectivity index (χ2v) is 18.0. The minimum Gasteiger partial charge on any atom is -0.392 e. The second kappa shape index (κ2) is 42.5. The number of alkyl halides is 3. The number of hydrogen-bond acceptors (Lipinski definition) is 5. The fourth-order valence-corrected chi connectivity index (χ4v) is 6.42. The van der Waals surface area contributed by atoms with E-state index in [1.165, 1.54) is 5.57 Å². The van der Waals surface area contributed by atoms with Crippen LogP contribution in [0.25, 0.3) is 0 Å². The predicted octanol–water partition coefficient (Wildman–Crippen LogP) is 14.2. The van der Waals surface area contributed by atoms with E-state index in [9.17, 15) is 9.59 Å². The van der Waals surface area contributed by atoms with Gasteiger partial charge in [0, 0.05) is 59.3 Å². The van der Waals surface area contributed by atoms with Crippen LogP contribution in [0, 0.1) is 23.7 Å². The number of para-hydroxylation sites is 2. The van der Waals surface area contributed by atoms with Crippen molar-refractivity contribution in [3.8, 4) is 11.8 Å². The summed E-state index contributed by atoms with van der Waals surface area (Å²) in [4.78, 5) is 28.7. The smallest absolute Gasteiger partial charge is 0.240 e. The summed E-state index contributed by atoms with van der Waals surface area (Å²) >= 11 is 16.5. The Morgan fingerprint density at radius 1 is 0.641 bits per heavy atom. The Kier molecular flexibility index (Phi) is 42.6. The highest BCUT2D eigenvalue weighted by molar-refractivity contribution is 15.0. The summed E-state index contributed by atoms with van der Waals surface area (Å²) < 4.78 is 1.13. The van der Waals surface area contributed by atoms with Crippen molar-refractivity contribution in [2.75, 3.05) is 40.3 Å². The van der Waals surface area contributed by atoms with Crippen LogP contribution in [0.4, 0.5) is 11.4 Å². The van der Waals surface area contributed by atoms with Crippen LogP contribution in [0.15, 0.2) is 154 Å². The largest absolute Gasteiger partial charge is 0.392 e. The van der Waals surface area contributed by atoms with Gasteiger partial charge in [0.05, 0.1) is 37.0 Å². The Balaban J connectivity index is 0. The third kappa shape index (κ3) is 30.4. The van der Waals surface area contributed by atoms with Crippen LogP contribution in [0.5, 0.6) is 0 Å². The standard InChI is InChI=1S/C20H23NO2.C16H16BrNO.C7H12Br2.C4H7IO.C4H6O.I2/c1-16(13-14-22)17(2)20(23)21(19-11-7-4-8-12-19)15-18-9-5-3-6-10-18;1-13(17)16(19)18(15-10-6-3-7-11-15)12-14-8-4-2-5-9-14;1-6(3-4-8)7(2)5-9;1-4(5)2-3-6;1-2-3-4-5;1-2/h3-13,17,22H,14-15H2,1-2H3;2-11,13H,12H2,1H3;3,7H,4-5H2,1-2H3;2,6H,3H2,1H3;5H,4H2,1H3;/b16-13-;;6-3-;4-2-;;/t17-;;7-;;;/m0.1.../s1. The number of allylic oxidation sites excluding steroid dienone is 3. The number of anilines is 2. The van der Waals surface area contributed by atoms with Crippen LogP contribution in [0.1, 0.15) is 59.6 Å². The number of nitrogens with zero attached hydrogens (tertiary/aromatic N) is 2. The molecule has 0 bridgehead atoms. The number of aliphatic hydroxyl groups excluding tert-OH is 3. The number of aliphatic hydroxyl groups is 3. The van der Waals surface area contributed by atoms with Gasteiger partial charge >= 0.3 is 0 Å². The lowest BCUT2D eigenvalue weighted by molar-refractivity contribution is -0.121. The first-order valence-corrected chi connectivity index (χ1v) is 30.8. The molecule has 3 atom stereocenters. The molecular formula is C51H64Br3I3N2O5. The van der Waals surface area contributed by atoms with E-state index < -0.39 is 0 Å². The fourth-order valence-electron chi connectivity index (χ4n) is 4.95. The summed E-state index contributed by atoms with van der Waals surface area (Å²) in [5.41, 5.74) is 6.33. The van der Waals surface area contributed by atoms with Gasteiger partial charge in [0.25, 0.3) is 0 Å². The van der Waals surface area contributed by atoms with Crippen molar-refractivity contribution in [1.29, 1.82) is 0 Å². The van der Waals surface area contributed by atoms with Crippen LogP contribution < -0.4 is 9.80 Å². The molecule has 64 heavy (non-hydrogen) atoms. The van der Waals surface area contributed by atoms with Gasteiger partial charge in [-0.3, -0.25) is 9.59 Å². The Morgan fingerprint density at radius 2 is 1.03 bits per heavy atom. The first-order valence-electron chi connectivity index (χ1n) is 20.3. The van der Waals surface area contributed by atoms with Crippen LogP contribution in [0.3, 0.4) is 0 Å². The van der Waals surface area contributed by atoms with E-state index in [2.05, 4.69) is 139 Å². The summed E-state index contributed by atoms with van der Waals surface area (Å²) in [6.45, 7) is 14.8. The lowest BCUT2D eigenvalue weighted by atomic mass is 10.00. The summed E-state index contributed by atoms with van der Waals surface area (Å²) in [6.07, 6.45) is 5.64. The Hall–Kier alpha value is -1.89. The van der Waals surface area contributed by atoms with Crippen LogP contribution in [-0.4, -0.2) is 62.4 Å². The molecule has 0 aliphatic heterocycles. The number of carbonyl (C=O) groups excluding carboxylic acids is 2. The lowest BCUT2D eigenvalue weighted by Crippen LogP contribution is -2.35. The molecule has 0 saturated heterocycles. The molecule has 7 nitrogen and oxygen atoms in total. The molecule has 4 rings (SSSR count). The number of benzene rings is 4. The molecule has 0 heterocycles. The minimum atomic E-state index is -0.272. The highest BCUT2D eigenvalue weighted by atomic mass is 128. The maximum absolute atomic E-state index is 13.0. The van der Waals surface area contributed by atoms with E-state index in [0.29, 0.717) is 19.0 Å². The highest BCUT2D eigenvalue weighted by Gasteiger charge is 2.23. The maximum Gasteiger partial charge on any atom is 0.240 e. The van der Waals surface area contributed by atoms with Gasteiger partial charge in [0.15, 0.2) is 0 Å². The Labute approximate surface area is 446 Å². The monoisotopic (exact) mass is 1400 g/mol. The van der Waals surface area contributed by atoms with E-state index in [-0.39, 0.29) is 42.4 Å². The summed E-state index contributed by atoms with van der Waals surface area (Å²) in [5, 5.41) is 27.1. The highest BCUT2D eigenvalue weighted by Crippen LogP contribution is 2.23. The van der Waals surface area contributed by atoms with Crippen LogP contribution in [0.2, 0.25) is 0 Å². The third-order valence-corrected chi connectivity index (χ3v) is 11.0. The molecular weight excluding hydrogens is 1340 g/mol. The van der Waals surface area contributed by atoms with Crippen molar-refractivity contribution in [2.24, 2.45) is 11.8 Å². The van der Waals surface area contributed by atoms with E-state index in [1.807, 2.05) is 149 Å². The molecule has 350 valence electrons. The number of carbonyl (C=O) groups is 2. The van der Waals surface area contributed by atoms with Crippen molar-refractivity contribution >= 4 is 131 Å². The zero-order valence-corrected chi connectivity index (χ0v) is 49.0. The van der Waals surface area contributed by atoms with Gasteiger partial charge in [-0.15, -0.1) is 5.92 Å². The second-order valence-electron chi connectivity index (χ2n) is 13.7. The molecule has 0 fully saturated rings. The minimum absolute atomic E-state index is 0.0174. The van der Waals surface area contributed by atoms with Gasteiger partial charge < -0.3 is 25.1 Å². The molecule has 0 aliphatic carbocycles. The number of hydrogen-bond donors (Lipinski definition) is 3. The van der Waals surface area contributed by atoms with E-state index >= 15 is 0 Å². The Bertz CT molecular complexity index is 1940. The fraction of sp³-hybridized carbons (Fsp3) is 0.333. The van der Waals surface area contributed by atoms with E-state index in [0.717, 1.165) is 42.3 Å². The molecule has 4 aromatic carbocycles. The van der Waals surface area contributed by atoms with Crippen molar-refractivity contribution in [3.05, 3.63) is 165 Å². The predicted molar refractivity (Wildman–Crippen MR) is 310 cm³/mol. The first kappa shape index (κ1) is 64.2. The molecule has 3 N–H and O–H groups in total. The van der Waals surface area contributed by atoms with Crippen LogP contribution >= 0.6 is 108 Å². The molecule has 0 saturated carbocycles. The van der Waals surface area contributed by atoms with Gasteiger partial charge in [-0.05, 0) is 109 Å². The first-order chi connectivity index (χ1) is 30.7. The van der Waals surface area contributed by atoms with Crippen molar-refractivity contribution in [1.82, 2.24) is 0 Å². The molecule has 0 radical (unpaired) electrons. The summed E-state index contributed by atoms with van der Waals surface area (Å²) in [7, 11) is 0. The zero-order valence-electron chi connectivity index (χ0n) is 37.8. The molecule has 0 aliphatic rings. The van der Waals surface area contributed by atoms with Gasteiger partial charge in [0.1, 0.15) is 6.61 Å². The molecule has 13 heteroatoms. The van der Waals surface area contributed by atoms with Crippen molar-refractivity contribution < 1.29 is 24.9 Å². The summed E-state index contributed by atoms with van der Waals surface area (Å²) in [5.74, 6) is 5.43. The number of amides is 2. The lowest BCUT2D eigenvalue weighted by Gasteiger charge is -2.26. The zero-order chi connectivity index (χ0) is 48.7. The molecule has 4 aromatic rings. The topological polar surface area (TPSA) is 101 Å². The van der Waals surface area contributed by atoms with Gasteiger partial charge in [-0.2, -0.15) is 0 Å². The number of halogens is 6. The third-order valence-electron chi connectivity index (χ3n) is 8.88. The van der Waals surface area contributed by atoms with E-state index in [1.54, 1.807) is 28.9 Å². The SMILES string of the molecule is C/C(=C/CBr)[C@H](C)CBr.C/C(=C/CO)[C@H](C)C(=O)N(Cc1ccccc1)c1ccccc1.C/C(I)=C/CO.CC#CCO.CC(Br)C(=O)N(Cc1ccccc1)c1ccccc1.II. The average molecular weight is 1410 g/mol. The summed E-state index contributed by atoms with van der Waals surface area (Å²) in [6, 6.07) is 39.4. The maximum atomic E-state index is 13.0. The van der Waals surface area contributed by atoms with Gasteiger partial charge in [-0.25, -0.2) is 0 Å². The van der Waals surface area contributed by atoms with Gasteiger partial charge in [0.2, 0.25) is 11.8 Å². The molecule has 2 amide bonds. The molecule has 0 aromatic heterocycles.